The van der Waals surface area contributed by atoms with E-state index >= 15 is 0 Å². The van der Waals surface area contributed by atoms with Crippen molar-refractivity contribution < 1.29 is 27.8 Å². The third-order valence-corrected chi connectivity index (χ3v) is 7.80. The first-order chi connectivity index (χ1) is 18.0. The summed E-state index contributed by atoms with van der Waals surface area (Å²) in [5.41, 5.74) is 2.71. The first-order valence-corrected chi connectivity index (χ1v) is 14.2. The molecule has 0 radical (unpaired) electrons. The van der Waals surface area contributed by atoms with Crippen molar-refractivity contribution in [1.29, 1.82) is 0 Å². The van der Waals surface area contributed by atoms with Crippen molar-refractivity contribution in [3.8, 4) is 11.5 Å². The average molecular weight is 577 g/mol. The van der Waals surface area contributed by atoms with E-state index < -0.39 is 15.9 Å². The van der Waals surface area contributed by atoms with Crippen molar-refractivity contribution in [3.05, 3.63) is 81.5 Å². The third kappa shape index (κ3) is 5.76. The Morgan fingerprint density at radius 1 is 1.13 bits per heavy atom. The van der Waals surface area contributed by atoms with Gasteiger partial charge in [0.05, 0.1) is 24.1 Å². The zero-order valence-corrected chi connectivity index (χ0v) is 23.2. The third-order valence-electron chi connectivity index (χ3n) is 6.07. The number of aryl methyl sites for hydroxylation is 1. The van der Waals surface area contributed by atoms with Crippen LogP contribution in [0.15, 0.2) is 59.6 Å². The Morgan fingerprint density at radius 2 is 1.89 bits per heavy atom. The molecular weight excluding hydrogens is 551 g/mol. The summed E-state index contributed by atoms with van der Waals surface area (Å²) in [6.45, 7) is 1.60. The number of hydrogen-bond donors (Lipinski definition) is 3. The van der Waals surface area contributed by atoms with Crippen molar-refractivity contribution in [2.45, 2.75) is 17.9 Å². The molecule has 1 atom stereocenters. The number of rotatable bonds is 10. The number of carbonyl (C=O) groups is 1. The molecule has 4 aromatic rings. The molecule has 0 saturated carbocycles. The molecule has 3 aromatic carbocycles. The number of carbonyl (C=O) groups excluding carboxylic acids is 1. The zero-order chi connectivity index (χ0) is 27.6. The van der Waals surface area contributed by atoms with E-state index in [4.69, 9.17) is 32.7 Å². The molecular formula is C27H26Cl2N2O6S. The maximum absolute atomic E-state index is 14.2. The van der Waals surface area contributed by atoms with Gasteiger partial charge in [-0.15, -0.1) is 0 Å². The Bertz CT molecular complexity index is 1620. The van der Waals surface area contributed by atoms with Gasteiger partial charge in [-0.1, -0.05) is 35.3 Å². The molecule has 1 heterocycles. The van der Waals surface area contributed by atoms with Gasteiger partial charge in [-0.05, 0) is 42.8 Å². The van der Waals surface area contributed by atoms with E-state index in [1.807, 2.05) is 6.92 Å². The van der Waals surface area contributed by atoms with Crippen LogP contribution in [-0.2, 0) is 9.84 Å². The van der Waals surface area contributed by atoms with Gasteiger partial charge >= 0.3 is 0 Å². The zero-order valence-electron chi connectivity index (χ0n) is 20.8. The number of H-pyrrole nitrogens is 1. The average Bonchev–Trinajstić information content (AvgIpc) is 3.32. The lowest BCUT2D eigenvalue weighted by atomic mass is 9.95. The van der Waals surface area contributed by atoms with Crippen molar-refractivity contribution in [3.63, 3.8) is 0 Å². The van der Waals surface area contributed by atoms with E-state index in [1.54, 1.807) is 42.6 Å². The molecule has 11 heteroatoms. The van der Waals surface area contributed by atoms with Gasteiger partial charge in [-0.2, -0.15) is 0 Å². The SMILES string of the molecule is COc1cc(NC(C(=O)c2c[nH]c3c(C)c(Cl)ccc23)c2ccc(Cl)cc2OCCO)cc(S(C)(=O)=O)c1. The van der Waals surface area contributed by atoms with Crippen molar-refractivity contribution in [2.24, 2.45) is 0 Å². The number of nitrogens with one attached hydrogen (secondary N) is 2. The number of anilines is 1. The van der Waals surface area contributed by atoms with Gasteiger partial charge in [0, 0.05) is 50.8 Å². The van der Waals surface area contributed by atoms with E-state index in [0.29, 0.717) is 43.7 Å². The first kappa shape index (κ1) is 27.8. The summed E-state index contributed by atoms with van der Waals surface area (Å²) in [7, 11) is -2.15. The number of fused-ring (bicyclic) bond motifs is 1. The number of methoxy groups -OCH3 is 1. The molecule has 1 unspecified atom stereocenters. The molecule has 0 aliphatic heterocycles. The van der Waals surface area contributed by atoms with Crippen LogP contribution < -0.4 is 14.8 Å². The lowest BCUT2D eigenvalue weighted by Gasteiger charge is -2.23. The van der Waals surface area contributed by atoms with E-state index in [9.17, 15) is 18.3 Å². The second-order valence-corrected chi connectivity index (χ2v) is 11.5. The predicted molar refractivity (Wildman–Crippen MR) is 149 cm³/mol. The highest BCUT2D eigenvalue weighted by Gasteiger charge is 2.28. The highest BCUT2D eigenvalue weighted by Crippen LogP contribution is 2.36. The van der Waals surface area contributed by atoms with Gasteiger partial charge in [0.1, 0.15) is 24.1 Å². The molecule has 0 aliphatic carbocycles. The van der Waals surface area contributed by atoms with Crippen LogP contribution in [0.2, 0.25) is 10.0 Å². The first-order valence-electron chi connectivity index (χ1n) is 11.5. The Labute approximate surface area is 230 Å². The molecule has 0 fully saturated rings. The van der Waals surface area contributed by atoms with Crippen LogP contribution in [0.1, 0.15) is 27.5 Å². The maximum Gasteiger partial charge on any atom is 0.191 e. The van der Waals surface area contributed by atoms with Crippen LogP contribution >= 0.6 is 23.2 Å². The number of aromatic nitrogens is 1. The second kappa shape index (κ2) is 11.2. The van der Waals surface area contributed by atoms with Crippen molar-refractivity contribution >= 4 is 55.4 Å². The number of sulfone groups is 1. The van der Waals surface area contributed by atoms with Crippen LogP contribution in [0.4, 0.5) is 5.69 Å². The minimum absolute atomic E-state index is 0.0174. The Kier molecular flexibility index (Phi) is 8.22. The van der Waals surface area contributed by atoms with Crippen LogP contribution in [0.5, 0.6) is 11.5 Å². The van der Waals surface area contributed by atoms with E-state index in [0.717, 1.165) is 17.3 Å². The second-order valence-electron chi connectivity index (χ2n) is 8.66. The molecule has 38 heavy (non-hydrogen) atoms. The molecule has 0 aliphatic rings. The number of ketones is 1. The number of benzene rings is 3. The van der Waals surface area contributed by atoms with Crippen LogP contribution in [0.25, 0.3) is 10.9 Å². The topological polar surface area (TPSA) is 118 Å². The molecule has 0 bridgehead atoms. The number of hydrogen-bond acceptors (Lipinski definition) is 7. The van der Waals surface area contributed by atoms with Gasteiger partial charge in [-0.3, -0.25) is 4.79 Å². The smallest absolute Gasteiger partial charge is 0.191 e. The summed E-state index contributed by atoms with van der Waals surface area (Å²) >= 11 is 12.5. The molecule has 1 aromatic heterocycles. The number of aromatic amines is 1. The van der Waals surface area contributed by atoms with E-state index in [-0.39, 0.29) is 23.9 Å². The lowest BCUT2D eigenvalue weighted by molar-refractivity contribution is 0.0969. The largest absolute Gasteiger partial charge is 0.497 e. The molecule has 0 spiro atoms. The maximum atomic E-state index is 14.2. The quantitative estimate of drug-likeness (QED) is 0.210. The fourth-order valence-electron chi connectivity index (χ4n) is 4.14. The molecule has 0 amide bonds. The number of aliphatic hydroxyl groups is 1. The molecule has 8 nitrogen and oxygen atoms in total. The monoisotopic (exact) mass is 576 g/mol. The molecule has 0 saturated heterocycles. The number of ether oxygens (including phenoxy) is 2. The van der Waals surface area contributed by atoms with Crippen molar-refractivity contribution in [1.82, 2.24) is 4.98 Å². The van der Waals surface area contributed by atoms with Gasteiger partial charge in [-0.25, -0.2) is 8.42 Å². The van der Waals surface area contributed by atoms with Gasteiger partial charge in [0.2, 0.25) is 0 Å². The summed E-state index contributed by atoms with van der Waals surface area (Å²) in [6, 6.07) is 11.7. The highest BCUT2D eigenvalue weighted by atomic mass is 35.5. The number of halogens is 2. The summed E-state index contributed by atoms with van der Waals surface area (Å²) in [5.74, 6) is 0.271. The van der Waals surface area contributed by atoms with Crippen LogP contribution in [-0.4, -0.2) is 50.9 Å². The molecule has 3 N–H and O–H groups in total. The van der Waals surface area contributed by atoms with Crippen molar-refractivity contribution in [2.75, 3.05) is 31.9 Å². The summed E-state index contributed by atoms with van der Waals surface area (Å²) in [6.07, 6.45) is 2.70. The highest BCUT2D eigenvalue weighted by molar-refractivity contribution is 7.90. The minimum Gasteiger partial charge on any atom is -0.497 e. The minimum atomic E-state index is -3.58. The number of Topliss-reactive ketones (excluding diaryl/α,β-unsaturated/α-hetero) is 1. The van der Waals surface area contributed by atoms with E-state index in [1.165, 1.54) is 19.2 Å². The predicted octanol–water partition coefficient (Wildman–Crippen LogP) is 5.60. The molecule has 4 rings (SSSR count). The number of aliphatic hydroxyl groups excluding tert-OH is 1. The lowest BCUT2D eigenvalue weighted by Crippen LogP contribution is -2.22. The van der Waals surface area contributed by atoms with Crippen LogP contribution in [0.3, 0.4) is 0 Å². The summed E-state index contributed by atoms with van der Waals surface area (Å²) < 4.78 is 35.7. The fourth-order valence-corrected chi connectivity index (χ4v) is 5.13. The van der Waals surface area contributed by atoms with Crippen LogP contribution in [0, 0.1) is 6.92 Å². The Hall–Kier alpha value is -3.24. The van der Waals surface area contributed by atoms with Gasteiger partial charge < -0.3 is 24.9 Å². The summed E-state index contributed by atoms with van der Waals surface area (Å²) in [4.78, 5) is 17.3. The molecule has 200 valence electrons. The summed E-state index contributed by atoms with van der Waals surface area (Å²) in [5, 5.41) is 14.1. The Morgan fingerprint density at radius 3 is 2.58 bits per heavy atom. The Balaban J connectivity index is 1.89. The van der Waals surface area contributed by atoms with Gasteiger partial charge in [0.15, 0.2) is 15.6 Å². The van der Waals surface area contributed by atoms with Gasteiger partial charge in [0.25, 0.3) is 0 Å². The van der Waals surface area contributed by atoms with E-state index in [2.05, 4.69) is 10.3 Å². The normalized spacial score (nSPS) is 12.4. The fraction of sp³-hybridized carbons (Fsp3) is 0.222. The standard InChI is InChI=1S/C27H26Cl2N2O6S/c1-15-23(29)7-6-20-22(14-30-25(15)20)27(33)26(21-5-4-16(28)10-24(21)37-9-8-32)31-17-11-18(36-2)13-19(12-17)38(3,34)35/h4-7,10-14,26,30-32H,8-9H2,1-3H3.